The number of ether oxygens (including phenoxy) is 1. The second kappa shape index (κ2) is 5.41. The van der Waals surface area contributed by atoms with E-state index in [1.165, 1.54) is 0 Å². The Kier molecular flexibility index (Phi) is 4.14. The zero-order chi connectivity index (χ0) is 11.5. The van der Waals surface area contributed by atoms with Gasteiger partial charge in [0.2, 0.25) is 6.43 Å². The van der Waals surface area contributed by atoms with Crippen LogP contribution in [0.1, 0.15) is 38.5 Å². The predicted molar refractivity (Wildman–Crippen MR) is 58.4 cm³/mol. The molecule has 0 aromatic carbocycles. The van der Waals surface area contributed by atoms with Gasteiger partial charge >= 0.3 is 0 Å². The van der Waals surface area contributed by atoms with Gasteiger partial charge in [0.05, 0.1) is 12.7 Å². The topological polar surface area (TPSA) is 35.2 Å². The molecule has 2 nitrogen and oxygen atoms in total. The normalized spacial score (nSPS) is 41.2. The third-order valence-corrected chi connectivity index (χ3v) is 4.04. The van der Waals surface area contributed by atoms with Crippen LogP contribution in [0.2, 0.25) is 0 Å². The van der Waals surface area contributed by atoms with Gasteiger partial charge in [-0.15, -0.1) is 0 Å². The van der Waals surface area contributed by atoms with Gasteiger partial charge in [0.15, 0.2) is 0 Å². The smallest absolute Gasteiger partial charge is 0.241 e. The Labute approximate surface area is 95.5 Å². The highest BCUT2D eigenvalue weighted by atomic mass is 19.3. The molecule has 2 unspecified atom stereocenters. The Balaban J connectivity index is 1.76. The monoisotopic (exact) mass is 233 g/mol. The van der Waals surface area contributed by atoms with Gasteiger partial charge in [0.25, 0.3) is 0 Å². The zero-order valence-electron chi connectivity index (χ0n) is 9.58. The van der Waals surface area contributed by atoms with Gasteiger partial charge in [-0.3, -0.25) is 0 Å². The first kappa shape index (κ1) is 12.2. The molecule has 16 heavy (non-hydrogen) atoms. The fourth-order valence-electron chi connectivity index (χ4n) is 2.93. The summed E-state index contributed by atoms with van der Waals surface area (Å²) in [6.07, 6.45) is 3.27. The van der Waals surface area contributed by atoms with Crippen molar-refractivity contribution in [2.45, 2.75) is 57.1 Å². The van der Waals surface area contributed by atoms with Crippen LogP contribution in [0.3, 0.4) is 0 Å². The van der Waals surface area contributed by atoms with Crippen molar-refractivity contribution in [1.29, 1.82) is 0 Å². The molecule has 2 atom stereocenters. The zero-order valence-corrected chi connectivity index (χ0v) is 9.58. The van der Waals surface area contributed by atoms with E-state index in [0.29, 0.717) is 25.4 Å². The van der Waals surface area contributed by atoms with Crippen molar-refractivity contribution in [3.05, 3.63) is 0 Å². The number of rotatable bonds is 2. The molecule has 0 radical (unpaired) electrons. The molecule has 2 N–H and O–H groups in total. The van der Waals surface area contributed by atoms with Crippen LogP contribution < -0.4 is 5.73 Å². The van der Waals surface area contributed by atoms with Gasteiger partial charge in [-0.25, -0.2) is 8.78 Å². The van der Waals surface area contributed by atoms with Gasteiger partial charge in [-0.1, -0.05) is 0 Å². The summed E-state index contributed by atoms with van der Waals surface area (Å²) in [7, 11) is 0. The van der Waals surface area contributed by atoms with E-state index in [1.54, 1.807) is 0 Å². The van der Waals surface area contributed by atoms with Crippen molar-refractivity contribution in [2.75, 3.05) is 6.61 Å². The molecule has 4 heteroatoms. The summed E-state index contributed by atoms with van der Waals surface area (Å²) < 4.78 is 30.7. The van der Waals surface area contributed by atoms with E-state index in [2.05, 4.69) is 0 Å². The lowest BCUT2D eigenvalue weighted by atomic mass is 9.78. The molecule has 2 aliphatic rings. The number of nitrogens with two attached hydrogens (primary N) is 1. The van der Waals surface area contributed by atoms with Crippen molar-refractivity contribution in [3.8, 4) is 0 Å². The van der Waals surface area contributed by atoms with E-state index in [0.717, 1.165) is 25.7 Å². The van der Waals surface area contributed by atoms with Crippen LogP contribution in [0, 0.1) is 11.8 Å². The quantitative estimate of drug-likeness (QED) is 0.795. The van der Waals surface area contributed by atoms with Crippen LogP contribution in [0.5, 0.6) is 0 Å². The fourth-order valence-corrected chi connectivity index (χ4v) is 2.93. The summed E-state index contributed by atoms with van der Waals surface area (Å²) in [5, 5.41) is 0. The summed E-state index contributed by atoms with van der Waals surface area (Å²) in [4.78, 5) is 0. The van der Waals surface area contributed by atoms with E-state index >= 15 is 0 Å². The number of hydrogen-bond donors (Lipinski definition) is 1. The van der Waals surface area contributed by atoms with Crippen LogP contribution in [-0.4, -0.2) is 25.2 Å². The van der Waals surface area contributed by atoms with Crippen molar-refractivity contribution in [1.82, 2.24) is 0 Å². The Morgan fingerprint density at radius 2 is 1.69 bits per heavy atom. The highest BCUT2D eigenvalue weighted by Gasteiger charge is 2.33. The summed E-state index contributed by atoms with van der Waals surface area (Å²) in [6, 6.07) is 0.175. The number of alkyl halides is 2. The second-order valence-electron chi connectivity index (χ2n) is 5.22. The van der Waals surface area contributed by atoms with Crippen molar-refractivity contribution in [3.63, 3.8) is 0 Å². The van der Waals surface area contributed by atoms with E-state index in [9.17, 15) is 8.78 Å². The van der Waals surface area contributed by atoms with Crippen LogP contribution in [-0.2, 0) is 4.74 Å². The molecule has 1 heterocycles. The highest BCUT2D eigenvalue weighted by Crippen LogP contribution is 2.36. The van der Waals surface area contributed by atoms with E-state index < -0.39 is 6.43 Å². The third-order valence-electron chi connectivity index (χ3n) is 4.04. The molecular weight excluding hydrogens is 212 g/mol. The first-order valence-corrected chi connectivity index (χ1v) is 6.32. The van der Waals surface area contributed by atoms with Crippen molar-refractivity contribution < 1.29 is 13.5 Å². The highest BCUT2D eigenvalue weighted by molar-refractivity contribution is 4.82. The molecule has 0 aromatic rings. The minimum Gasteiger partial charge on any atom is -0.376 e. The molecule has 0 bridgehead atoms. The second-order valence-corrected chi connectivity index (χ2v) is 5.22. The molecule has 1 aliphatic heterocycles. The average Bonchev–Trinajstić information content (AvgIpc) is 2.30. The Hall–Kier alpha value is -0.220. The lowest BCUT2D eigenvalue weighted by Gasteiger charge is -2.36. The van der Waals surface area contributed by atoms with Gasteiger partial charge in [-0.2, -0.15) is 0 Å². The van der Waals surface area contributed by atoms with Crippen molar-refractivity contribution >= 4 is 0 Å². The van der Waals surface area contributed by atoms with Gasteiger partial charge < -0.3 is 10.5 Å². The number of halogens is 2. The van der Waals surface area contributed by atoms with E-state index in [1.807, 2.05) is 0 Å². The maximum absolute atomic E-state index is 12.5. The minimum absolute atomic E-state index is 0.175. The Bertz CT molecular complexity index is 209. The SMILES string of the molecule is NC1CCC(C2CCC(C(F)F)CC2)OC1. The first-order chi connectivity index (χ1) is 7.66. The molecule has 2 fully saturated rings. The lowest BCUT2D eigenvalue weighted by Crippen LogP contribution is -2.40. The Morgan fingerprint density at radius 3 is 2.19 bits per heavy atom. The minimum atomic E-state index is -2.14. The van der Waals surface area contributed by atoms with Crippen LogP contribution in [0.4, 0.5) is 8.78 Å². The average molecular weight is 233 g/mol. The standard InChI is InChI=1S/C12H21F2NO/c13-12(14)9-3-1-8(2-4-9)11-6-5-10(15)7-16-11/h8-12H,1-7,15H2. The van der Waals surface area contributed by atoms with Gasteiger partial charge in [-0.05, 0) is 44.4 Å². The molecule has 1 aliphatic carbocycles. The third kappa shape index (κ3) is 2.92. The predicted octanol–water partition coefficient (Wildman–Crippen LogP) is 2.56. The summed E-state index contributed by atoms with van der Waals surface area (Å²) in [5.41, 5.74) is 5.76. The summed E-state index contributed by atoms with van der Waals surface area (Å²) in [6.45, 7) is 0.638. The van der Waals surface area contributed by atoms with Crippen LogP contribution >= 0.6 is 0 Å². The maximum Gasteiger partial charge on any atom is 0.241 e. The molecule has 0 aromatic heterocycles. The fraction of sp³-hybridized carbons (Fsp3) is 1.00. The largest absolute Gasteiger partial charge is 0.376 e. The first-order valence-electron chi connectivity index (χ1n) is 6.32. The molecule has 0 spiro atoms. The maximum atomic E-state index is 12.5. The van der Waals surface area contributed by atoms with Crippen LogP contribution in [0.15, 0.2) is 0 Å². The van der Waals surface area contributed by atoms with Gasteiger partial charge in [0, 0.05) is 12.0 Å². The molecule has 1 saturated carbocycles. The van der Waals surface area contributed by atoms with Crippen molar-refractivity contribution in [2.24, 2.45) is 17.6 Å². The molecule has 1 saturated heterocycles. The summed E-state index contributed by atoms with van der Waals surface area (Å²) in [5.74, 6) is 0.115. The molecule has 94 valence electrons. The summed E-state index contributed by atoms with van der Waals surface area (Å²) >= 11 is 0. The molecule has 0 amide bonds. The molecule has 2 rings (SSSR count). The molecular formula is C12H21F2NO. The van der Waals surface area contributed by atoms with E-state index in [4.69, 9.17) is 10.5 Å². The van der Waals surface area contributed by atoms with Crippen LogP contribution in [0.25, 0.3) is 0 Å². The van der Waals surface area contributed by atoms with E-state index in [-0.39, 0.29) is 18.1 Å². The van der Waals surface area contributed by atoms with Gasteiger partial charge in [0.1, 0.15) is 0 Å². The number of hydrogen-bond acceptors (Lipinski definition) is 2. The lowest BCUT2D eigenvalue weighted by molar-refractivity contribution is -0.0508. The Morgan fingerprint density at radius 1 is 1.00 bits per heavy atom.